The summed E-state index contributed by atoms with van der Waals surface area (Å²) in [6.45, 7) is 1.43. The minimum absolute atomic E-state index is 0.160. The highest BCUT2D eigenvalue weighted by Crippen LogP contribution is 2.39. The summed E-state index contributed by atoms with van der Waals surface area (Å²) >= 11 is 1.02. The molecular formula is C9H16F3NS. The van der Waals surface area contributed by atoms with Gasteiger partial charge < -0.3 is 5.73 Å². The number of nitrogens with two attached hydrogens (primary N) is 1. The number of thioether (sulfide) groups is 1. The average Bonchev–Trinajstić information content (AvgIpc) is 2.48. The molecule has 1 saturated carbocycles. The number of hydrogen-bond donors (Lipinski definition) is 1. The molecule has 0 radical (unpaired) electrons. The van der Waals surface area contributed by atoms with Gasteiger partial charge in [0.1, 0.15) is 5.25 Å². The van der Waals surface area contributed by atoms with E-state index in [0.717, 1.165) is 37.4 Å². The van der Waals surface area contributed by atoms with E-state index in [9.17, 15) is 13.2 Å². The van der Waals surface area contributed by atoms with Gasteiger partial charge in [0, 0.05) is 11.3 Å². The summed E-state index contributed by atoms with van der Waals surface area (Å²) in [5.41, 5.74) is 5.36. The summed E-state index contributed by atoms with van der Waals surface area (Å²) in [6.07, 6.45) is -0.238. The van der Waals surface area contributed by atoms with E-state index in [1.54, 1.807) is 0 Å². The molecule has 0 heterocycles. The van der Waals surface area contributed by atoms with Crippen molar-refractivity contribution in [3.8, 4) is 0 Å². The number of alkyl halides is 3. The van der Waals surface area contributed by atoms with Crippen LogP contribution in [0.4, 0.5) is 13.2 Å². The van der Waals surface area contributed by atoms with Gasteiger partial charge in [-0.2, -0.15) is 13.2 Å². The lowest BCUT2D eigenvalue weighted by Crippen LogP contribution is -2.41. The summed E-state index contributed by atoms with van der Waals surface area (Å²) in [5, 5.41) is -1.24. The Balaban J connectivity index is 2.50. The summed E-state index contributed by atoms with van der Waals surface area (Å²) in [7, 11) is 0. The van der Waals surface area contributed by atoms with Crippen molar-refractivity contribution in [2.45, 2.75) is 55.3 Å². The van der Waals surface area contributed by atoms with Crippen molar-refractivity contribution in [1.82, 2.24) is 0 Å². The molecule has 84 valence electrons. The Hall–Kier alpha value is 0.100. The normalized spacial score (nSPS) is 23.8. The van der Waals surface area contributed by atoms with E-state index in [1.807, 2.05) is 0 Å². The smallest absolute Gasteiger partial charge is 0.327 e. The first kappa shape index (κ1) is 12.2. The lowest BCUT2D eigenvalue weighted by Gasteiger charge is -2.25. The Kier molecular flexibility index (Phi) is 4.13. The predicted molar refractivity (Wildman–Crippen MR) is 53.3 cm³/mol. The fraction of sp³-hybridized carbons (Fsp3) is 1.00. The molecule has 0 aromatic carbocycles. The lowest BCUT2D eigenvalue weighted by atomic mass is 10.2. The second-order valence-corrected chi connectivity index (χ2v) is 5.31. The van der Waals surface area contributed by atoms with Crippen LogP contribution in [-0.2, 0) is 0 Å². The van der Waals surface area contributed by atoms with Gasteiger partial charge >= 0.3 is 6.18 Å². The van der Waals surface area contributed by atoms with Gasteiger partial charge in [0.15, 0.2) is 0 Å². The fourth-order valence-electron chi connectivity index (χ4n) is 1.73. The van der Waals surface area contributed by atoms with Crippen molar-refractivity contribution in [2.24, 2.45) is 5.73 Å². The molecule has 1 fully saturated rings. The van der Waals surface area contributed by atoms with E-state index in [0.29, 0.717) is 0 Å². The molecule has 1 aliphatic rings. The SMILES string of the molecule is CC(N)C(SC1CCCC1)C(F)(F)F. The minimum atomic E-state index is -4.17. The molecule has 1 nitrogen and oxygen atoms in total. The highest BCUT2D eigenvalue weighted by Gasteiger charge is 2.43. The predicted octanol–water partition coefficient (Wildman–Crippen LogP) is 2.94. The topological polar surface area (TPSA) is 26.0 Å². The third kappa shape index (κ3) is 3.35. The third-order valence-electron chi connectivity index (χ3n) is 2.44. The Morgan fingerprint density at radius 1 is 1.29 bits per heavy atom. The summed E-state index contributed by atoms with van der Waals surface area (Å²) in [4.78, 5) is 0. The van der Waals surface area contributed by atoms with Crippen molar-refractivity contribution in [3.63, 3.8) is 0 Å². The van der Waals surface area contributed by atoms with Gasteiger partial charge in [0.05, 0.1) is 0 Å². The van der Waals surface area contributed by atoms with Crippen molar-refractivity contribution >= 4 is 11.8 Å². The van der Waals surface area contributed by atoms with Crippen molar-refractivity contribution < 1.29 is 13.2 Å². The molecule has 5 heteroatoms. The van der Waals surface area contributed by atoms with Crippen LogP contribution in [0, 0.1) is 0 Å². The van der Waals surface area contributed by atoms with Gasteiger partial charge in [0.2, 0.25) is 0 Å². The summed E-state index contributed by atoms with van der Waals surface area (Å²) < 4.78 is 37.6. The number of hydrogen-bond acceptors (Lipinski definition) is 2. The zero-order valence-corrected chi connectivity index (χ0v) is 9.00. The second-order valence-electron chi connectivity index (χ2n) is 3.86. The minimum Gasteiger partial charge on any atom is -0.327 e. The van der Waals surface area contributed by atoms with Gasteiger partial charge in [0.25, 0.3) is 0 Å². The van der Waals surface area contributed by atoms with Crippen LogP contribution in [0.3, 0.4) is 0 Å². The van der Waals surface area contributed by atoms with Crippen LogP contribution in [0.15, 0.2) is 0 Å². The Morgan fingerprint density at radius 2 is 1.79 bits per heavy atom. The summed E-state index contributed by atoms with van der Waals surface area (Å²) in [5.74, 6) is 0. The highest BCUT2D eigenvalue weighted by molar-refractivity contribution is 8.00. The molecule has 0 bridgehead atoms. The standard InChI is InChI=1S/C9H16F3NS/c1-6(13)8(9(10,11)12)14-7-4-2-3-5-7/h6-8H,2-5,13H2,1H3. The van der Waals surface area contributed by atoms with E-state index >= 15 is 0 Å². The van der Waals surface area contributed by atoms with Crippen LogP contribution >= 0.6 is 11.8 Å². The van der Waals surface area contributed by atoms with E-state index in [-0.39, 0.29) is 5.25 Å². The van der Waals surface area contributed by atoms with Gasteiger partial charge in [-0.05, 0) is 19.8 Å². The molecular weight excluding hydrogens is 211 g/mol. The largest absolute Gasteiger partial charge is 0.402 e. The Bertz CT molecular complexity index is 175. The third-order valence-corrected chi connectivity index (χ3v) is 4.29. The maximum absolute atomic E-state index is 12.5. The first-order valence-electron chi connectivity index (χ1n) is 4.89. The molecule has 2 unspecified atom stereocenters. The average molecular weight is 227 g/mol. The molecule has 0 amide bonds. The molecule has 0 saturated heterocycles. The molecule has 0 aromatic heterocycles. The zero-order chi connectivity index (χ0) is 10.8. The van der Waals surface area contributed by atoms with Crippen LogP contribution in [0.2, 0.25) is 0 Å². The van der Waals surface area contributed by atoms with E-state index < -0.39 is 17.5 Å². The van der Waals surface area contributed by atoms with Crippen LogP contribution in [0.5, 0.6) is 0 Å². The maximum atomic E-state index is 12.5. The number of rotatable bonds is 3. The maximum Gasteiger partial charge on any atom is 0.402 e. The van der Waals surface area contributed by atoms with Gasteiger partial charge in [-0.15, -0.1) is 11.8 Å². The van der Waals surface area contributed by atoms with Crippen LogP contribution in [0.1, 0.15) is 32.6 Å². The zero-order valence-electron chi connectivity index (χ0n) is 8.18. The molecule has 1 aliphatic carbocycles. The van der Waals surface area contributed by atoms with E-state index in [4.69, 9.17) is 5.73 Å². The van der Waals surface area contributed by atoms with E-state index in [1.165, 1.54) is 6.92 Å². The first-order valence-corrected chi connectivity index (χ1v) is 5.83. The fourth-order valence-corrected chi connectivity index (χ4v) is 3.15. The van der Waals surface area contributed by atoms with Gasteiger partial charge in [-0.3, -0.25) is 0 Å². The molecule has 2 N–H and O–H groups in total. The van der Waals surface area contributed by atoms with Gasteiger partial charge in [-0.25, -0.2) is 0 Å². The second kappa shape index (κ2) is 4.75. The molecule has 1 rings (SSSR count). The number of halogens is 3. The molecule has 2 atom stereocenters. The lowest BCUT2D eigenvalue weighted by molar-refractivity contribution is -0.131. The summed E-state index contributed by atoms with van der Waals surface area (Å²) in [6, 6.07) is -0.819. The molecule has 0 aromatic rings. The van der Waals surface area contributed by atoms with Crippen LogP contribution < -0.4 is 5.73 Å². The first-order chi connectivity index (χ1) is 6.41. The van der Waals surface area contributed by atoms with Crippen molar-refractivity contribution in [2.75, 3.05) is 0 Å². The highest BCUT2D eigenvalue weighted by atomic mass is 32.2. The molecule has 14 heavy (non-hydrogen) atoms. The van der Waals surface area contributed by atoms with Crippen molar-refractivity contribution in [1.29, 1.82) is 0 Å². The monoisotopic (exact) mass is 227 g/mol. The quantitative estimate of drug-likeness (QED) is 0.802. The van der Waals surface area contributed by atoms with Gasteiger partial charge in [-0.1, -0.05) is 12.8 Å². The van der Waals surface area contributed by atoms with Crippen LogP contribution in [0.25, 0.3) is 0 Å². The molecule has 0 aliphatic heterocycles. The Morgan fingerprint density at radius 3 is 2.14 bits per heavy atom. The van der Waals surface area contributed by atoms with Crippen molar-refractivity contribution in [3.05, 3.63) is 0 Å². The van der Waals surface area contributed by atoms with E-state index in [2.05, 4.69) is 0 Å². The van der Waals surface area contributed by atoms with Crippen LogP contribution in [-0.4, -0.2) is 22.7 Å². The molecule has 0 spiro atoms. The Labute approximate surface area is 86.6 Å².